The van der Waals surface area contributed by atoms with Crippen molar-refractivity contribution in [2.24, 2.45) is 0 Å². The van der Waals surface area contributed by atoms with Crippen molar-refractivity contribution in [2.45, 2.75) is 258 Å². The molecule has 0 saturated carbocycles. The first-order chi connectivity index (χ1) is 31.0. The molecule has 0 bridgehead atoms. The molecule has 0 aromatic carbocycles. The minimum absolute atomic E-state index is 0.104. The van der Waals surface area contributed by atoms with Gasteiger partial charge in [0.05, 0.1) is 0 Å². The summed E-state index contributed by atoms with van der Waals surface area (Å²) in [6.45, 7) is 6.44. The van der Waals surface area contributed by atoms with Crippen LogP contribution < -0.4 is 0 Å². The van der Waals surface area contributed by atoms with Crippen LogP contribution in [-0.4, -0.2) is 37.2 Å². The highest BCUT2D eigenvalue weighted by molar-refractivity contribution is 5.71. The van der Waals surface area contributed by atoms with Crippen molar-refractivity contribution in [3.8, 4) is 0 Å². The smallest absolute Gasteiger partial charge is 0.306 e. The van der Waals surface area contributed by atoms with E-state index in [0.717, 1.165) is 51.4 Å². The van der Waals surface area contributed by atoms with E-state index in [1.165, 1.54) is 154 Å². The Hall–Kier alpha value is -3.15. The first kappa shape index (κ1) is 59.9. The van der Waals surface area contributed by atoms with Crippen molar-refractivity contribution in [3.63, 3.8) is 0 Å². The predicted octanol–water partition coefficient (Wildman–Crippen LogP) is 17.4. The van der Waals surface area contributed by atoms with Gasteiger partial charge in [0, 0.05) is 19.3 Å². The second-order valence-electron chi connectivity index (χ2n) is 17.5. The largest absolute Gasteiger partial charge is 0.462 e. The van der Waals surface area contributed by atoms with Crippen molar-refractivity contribution in [2.75, 3.05) is 13.2 Å². The number of rotatable bonds is 47. The summed E-state index contributed by atoms with van der Waals surface area (Å²) in [5.74, 6) is -0.979. The Morgan fingerprint density at radius 2 is 0.651 bits per heavy atom. The average Bonchev–Trinajstić information content (AvgIpc) is 3.28. The third kappa shape index (κ3) is 49.7. The van der Waals surface area contributed by atoms with Gasteiger partial charge in [-0.1, -0.05) is 248 Å². The molecular weight excluding hydrogens is 781 g/mol. The first-order valence-corrected chi connectivity index (χ1v) is 26.5. The molecule has 0 N–H and O–H groups in total. The molecular formula is C57H98O6. The van der Waals surface area contributed by atoms with Gasteiger partial charge in [-0.05, 0) is 57.8 Å². The van der Waals surface area contributed by atoms with E-state index in [2.05, 4.69) is 39.0 Å². The highest BCUT2D eigenvalue weighted by Crippen LogP contribution is 2.15. The summed E-state index contributed by atoms with van der Waals surface area (Å²) in [5, 5.41) is 0. The van der Waals surface area contributed by atoms with Crippen molar-refractivity contribution in [3.05, 3.63) is 72.9 Å². The predicted molar refractivity (Wildman–Crippen MR) is 270 cm³/mol. The van der Waals surface area contributed by atoms with Gasteiger partial charge in [0.1, 0.15) is 13.2 Å². The fraction of sp³-hybridized carbons (Fsp3) is 0.737. The summed E-state index contributed by atoms with van der Waals surface area (Å²) >= 11 is 0. The van der Waals surface area contributed by atoms with E-state index in [-0.39, 0.29) is 37.5 Å². The number of carbonyl (C=O) groups excluding carboxylic acids is 3. The third-order valence-electron chi connectivity index (χ3n) is 11.3. The van der Waals surface area contributed by atoms with E-state index < -0.39 is 6.10 Å². The number of hydrogen-bond acceptors (Lipinski definition) is 6. The average molecular weight is 879 g/mol. The zero-order valence-corrected chi connectivity index (χ0v) is 41.3. The lowest BCUT2D eigenvalue weighted by Crippen LogP contribution is -2.30. The lowest BCUT2D eigenvalue weighted by Gasteiger charge is -2.18. The van der Waals surface area contributed by atoms with E-state index >= 15 is 0 Å². The molecule has 0 aromatic heterocycles. The van der Waals surface area contributed by atoms with Crippen LogP contribution in [0.25, 0.3) is 0 Å². The third-order valence-corrected chi connectivity index (χ3v) is 11.3. The molecule has 63 heavy (non-hydrogen) atoms. The van der Waals surface area contributed by atoms with Gasteiger partial charge in [-0.2, -0.15) is 0 Å². The summed E-state index contributed by atoms with van der Waals surface area (Å²) in [4.78, 5) is 37.9. The molecule has 0 aromatic rings. The van der Waals surface area contributed by atoms with Gasteiger partial charge in [0.15, 0.2) is 6.10 Å². The van der Waals surface area contributed by atoms with Crippen LogP contribution in [0.2, 0.25) is 0 Å². The van der Waals surface area contributed by atoms with Gasteiger partial charge in [0.2, 0.25) is 0 Å². The maximum atomic E-state index is 12.7. The topological polar surface area (TPSA) is 78.9 Å². The van der Waals surface area contributed by atoms with Crippen LogP contribution in [0.5, 0.6) is 0 Å². The van der Waals surface area contributed by atoms with Gasteiger partial charge in [-0.25, -0.2) is 0 Å². The minimum atomic E-state index is -0.811. The molecule has 1 atom stereocenters. The molecule has 0 aliphatic rings. The Balaban J connectivity index is 4.41. The molecule has 0 fully saturated rings. The Morgan fingerprint density at radius 3 is 1.05 bits per heavy atom. The van der Waals surface area contributed by atoms with Crippen LogP contribution in [-0.2, 0) is 28.6 Å². The summed E-state index contributed by atoms with van der Waals surface area (Å²) in [5.41, 5.74) is 0. The Morgan fingerprint density at radius 1 is 0.333 bits per heavy atom. The number of ether oxygens (including phenoxy) is 3. The van der Waals surface area contributed by atoms with E-state index in [9.17, 15) is 14.4 Å². The van der Waals surface area contributed by atoms with E-state index in [1.54, 1.807) is 0 Å². The number of carbonyl (C=O) groups is 3. The molecule has 0 heterocycles. The fourth-order valence-electron chi connectivity index (χ4n) is 7.35. The molecule has 0 amide bonds. The standard InChI is InChI=1S/C57H98O6/c1-4-7-10-13-16-19-22-25-26-27-28-29-30-33-35-38-41-44-47-50-56(59)62-53-54(63-57(60)51-48-45-42-39-36-32-24-21-18-15-12-9-6-3)52-61-55(58)49-46-43-40-37-34-31-23-20-17-14-11-8-5-2/h9,12,15,18,21,24,27-28,32,36,39,42,54H,4-8,10-11,13-14,16-17,19-20,22-23,25-26,29-31,33-35,37-38,40-41,43-53H2,1-3H3/b12-9+,18-15+,24-21+,28-27+,36-32+,42-39+. The molecule has 0 spiro atoms. The van der Waals surface area contributed by atoms with Crippen LogP contribution in [0.15, 0.2) is 72.9 Å². The summed E-state index contributed by atoms with van der Waals surface area (Å²) < 4.78 is 16.7. The summed E-state index contributed by atoms with van der Waals surface area (Å²) in [6.07, 6.45) is 64.7. The van der Waals surface area contributed by atoms with E-state index in [0.29, 0.717) is 19.3 Å². The van der Waals surface area contributed by atoms with Crippen LogP contribution in [0.4, 0.5) is 0 Å². The quantitative estimate of drug-likeness (QED) is 0.0199. The van der Waals surface area contributed by atoms with Crippen molar-refractivity contribution in [1.29, 1.82) is 0 Å². The zero-order chi connectivity index (χ0) is 45.8. The number of hydrogen-bond donors (Lipinski definition) is 0. The van der Waals surface area contributed by atoms with Crippen LogP contribution >= 0.6 is 0 Å². The van der Waals surface area contributed by atoms with Crippen molar-refractivity contribution < 1.29 is 28.6 Å². The second-order valence-corrected chi connectivity index (χ2v) is 17.5. The summed E-state index contributed by atoms with van der Waals surface area (Å²) in [6, 6.07) is 0. The Labute approximate surface area is 389 Å². The lowest BCUT2D eigenvalue weighted by atomic mass is 10.0. The molecule has 0 rings (SSSR count). The number of unbranched alkanes of at least 4 members (excludes halogenated alkanes) is 28. The maximum Gasteiger partial charge on any atom is 0.306 e. The summed E-state index contributed by atoms with van der Waals surface area (Å²) in [7, 11) is 0. The van der Waals surface area contributed by atoms with E-state index in [4.69, 9.17) is 14.2 Å². The first-order valence-electron chi connectivity index (χ1n) is 26.5. The van der Waals surface area contributed by atoms with Gasteiger partial charge < -0.3 is 14.2 Å². The lowest BCUT2D eigenvalue weighted by molar-refractivity contribution is -0.167. The van der Waals surface area contributed by atoms with Gasteiger partial charge >= 0.3 is 17.9 Å². The van der Waals surface area contributed by atoms with Gasteiger partial charge in [-0.3, -0.25) is 14.4 Å². The molecule has 362 valence electrons. The Bertz CT molecular complexity index is 1190. The molecule has 0 radical (unpaired) electrons. The number of allylic oxidation sites excluding steroid dienone is 12. The maximum absolute atomic E-state index is 12.7. The highest BCUT2D eigenvalue weighted by Gasteiger charge is 2.19. The van der Waals surface area contributed by atoms with Crippen LogP contribution in [0, 0.1) is 0 Å². The van der Waals surface area contributed by atoms with Gasteiger partial charge in [-0.15, -0.1) is 0 Å². The van der Waals surface area contributed by atoms with Crippen molar-refractivity contribution in [1.82, 2.24) is 0 Å². The molecule has 0 aliphatic carbocycles. The Kier molecular flexibility index (Phi) is 48.9. The SMILES string of the molecule is CC/C=C/C=C/C=C/C=C/C=C/CCCC(=O)OC(COC(=O)CCCCCCCCC/C=C/CCCCCCCCCC)COC(=O)CCCCCCCCCCCCCCC. The van der Waals surface area contributed by atoms with Gasteiger partial charge in [0.25, 0.3) is 0 Å². The molecule has 6 nitrogen and oxygen atoms in total. The normalized spacial score (nSPS) is 12.6. The fourth-order valence-corrected chi connectivity index (χ4v) is 7.35. The highest BCUT2D eigenvalue weighted by atomic mass is 16.6. The monoisotopic (exact) mass is 879 g/mol. The van der Waals surface area contributed by atoms with Crippen LogP contribution in [0.1, 0.15) is 252 Å². The number of esters is 3. The molecule has 0 aliphatic heterocycles. The molecule has 1 unspecified atom stereocenters. The van der Waals surface area contributed by atoms with Crippen molar-refractivity contribution >= 4 is 17.9 Å². The minimum Gasteiger partial charge on any atom is -0.462 e. The van der Waals surface area contributed by atoms with E-state index in [1.807, 2.05) is 54.7 Å². The molecule has 6 heteroatoms. The second kappa shape index (κ2) is 51.5. The zero-order valence-electron chi connectivity index (χ0n) is 41.3. The van der Waals surface area contributed by atoms with Crippen LogP contribution in [0.3, 0.4) is 0 Å². The molecule has 0 saturated heterocycles.